The zero-order valence-electron chi connectivity index (χ0n) is 14.7. The zero-order valence-corrected chi connectivity index (χ0v) is 16.3. The van der Waals surface area contributed by atoms with Crippen molar-refractivity contribution < 1.29 is 16.8 Å². The second kappa shape index (κ2) is 7.09. The summed E-state index contributed by atoms with van der Waals surface area (Å²) in [5.41, 5.74) is 0.679. The monoisotopic (exact) mass is 398 g/mol. The summed E-state index contributed by atoms with van der Waals surface area (Å²) in [7, 11) is -6.55. The van der Waals surface area contributed by atoms with Crippen LogP contribution in [0, 0.1) is 5.92 Å². The summed E-state index contributed by atoms with van der Waals surface area (Å²) in [5, 5.41) is 0.687. The summed E-state index contributed by atoms with van der Waals surface area (Å²) in [6.07, 6.45) is 5.63. The predicted molar refractivity (Wildman–Crippen MR) is 100 cm³/mol. The van der Waals surface area contributed by atoms with Gasteiger partial charge in [-0.05, 0) is 37.0 Å². The van der Waals surface area contributed by atoms with Crippen molar-refractivity contribution in [2.24, 2.45) is 5.92 Å². The van der Waals surface area contributed by atoms with E-state index in [1.807, 2.05) is 0 Å². The van der Waals surface area contributed by atoms with Gasteiger partial charge in [0.1, 0.15) is 12.1 Å². The van der Waals surface area contributed by atoms with Gasteiger partial charge in [-0.25, -0.2) is 31.5 Å². The minimum Gasteiger partial charge on any atom is -0.356 e. The fourth-order valence-corrected chi connectivity index (χ4v) is 4.38. The zero-order chi connectivity index (χ0) is 18.9. The van der Waals surface area contributed by atoms with Gasteiger partial charge in [0.15, 0.2) is 9.84 Å². The van der Waals surface area contributed by atoms with Crippen LogP contribution in [0.2, 0.25) is 0 Å². The molecule has 0 radical (unpaired) electrons. The topological polar surface area (TPSA) is 109 Å². The van der Waals surface area contributed by atoms with E-state index in [1.54, 1.807) is 18.2 Å². The third-order valence-electron chi connectivity index (χ3n) is 4.47. The van der Waals surface area contributed by atoms with E-state index in [1.165, 1.54) is 12.6 Å². The molecule has 1 fully saturated rings. The largest absolute Gasteiger partial charge is 0.356 e. The van der Waals surface area contributed by atoms with E-state index in [2.05, 4.69) is 19.6 Å². The Morgan fingerprint density at radius 3 is 2.65 bits per heavy atom. The van der Waals surface area contributed by atoms with Crippen LogP contribution in [0.3, 0.4) is 0 Å². The molecule has 2 aromatic rings. The highest BCUT2D eigenvalue weighted by atomic mass is 32.2. The first kappa shape index (κ1) is 19.0. The first-order chi connectivity index (χ1) is 12.1. The van der Waals surface area contributed by atoms with Gasteiger partial charge in [0.25, 0.3) is 0 Å². The number of aromatic nitrogens is 2. The molecule has 1 unspecified atom stereocenters. The first-order valence-corrected chi connectivity index (χ1v) is 12.1. The summed E-state index contributed by atoms with van der Waals surface area (Å²) in [6, 6.07) is 4.84. The Bertz CT molecular complexity index is 1020. The lowest BCUT2D eigenvalue weighted by molar-refractivity contribution is 0.410. The molecule has 1 saturated heterocycles. The second-order valence-electron chi connectivity index (χ2n) is 6.72. The molecular weight excluding hydrogens is 376 g/mol. The van der Waals surface area contributed by atoms with Crippen LogP contribution in [0.5, 0.6) is 0 Å². The van der Waals surface area contributed by atoms with Crippen molar-refractivity contribution >= 4 is 36.6 Å². The van der Waals surface area contributed by atoms with E-state index in [-0.39, 0.29) is 10.8 Å². The van der Waals surface area contributed by atoms with Gasteiger partial charge in [0, 0.05) is 31.3 Å². The van der Waals surface area contributed by atoms with Gasteiger partial charge in [-0.2, -0.15) is 0 Å². The van der Waals surface area contributed by atoms with E-state index in [0.717, 1.165) is 25.6 Å². The Morgan fingerprint density at radius 1 is 1.19 bits per heavy atom. The Kier molecular flexibility index (Phi) is 5.18. The van der Waals surface area contributed by atoms with Crippen molar-refractivity contribution in [3.63, 3.8) is 0 Å². The van der Waals surface area contributed by atoms with Crippen LogP contribution >= 0.6 is 0 Å². The normalized spacial score (nSPS) is 19.0. The molecule has 2 heterocycles. The maximum Gasteiger partial charge on any atom is 0.208 e. The van der Waals surface area contributed by atoms with Crippen LogP contribution in [0.1, 0.15) is 12.8 Å². The quantitative estimate of drug-likeness (QED) is 0.793. The fourth-order valence-electron chi connectivity index (χ4n) is 3.20. The number of benzene rings is 1. The highest BCUT2D eigenvalue weighted by molar-refractivity contribution is 7.90. The van der Waals surface area contributed by atoms with Crippen molar-refractivity contribution in [2.75, 3.05) is 37.0 Å². The van der Waals surface area contributed by atoms with Gasteiger partial charge >= 0.3 is 0 Å². The number of nitrogens with zero attached hydrogens (tertiary/aromatic N) is 3. The van der Waals surface area contributed by atoms with Gasteiger partial charge in [0.05, 0.1) is 16.7 Å². The molecule has 26 heavy (non-hydrogen) atoms. The number of piperidine rings is 1. The molecule has 0 amide bonds. The number of rotatable bonds is 5. The van der Waals surface area contributed by atoms with Gasteiger partial charge in [-0.15, -0.1) is 0 Å². The molecular formula is C16H22N4O4S2. The van der Waals surface area contributed by atoms with Gasteiger partial charge < -0.3 is 4.90 Å². The van der Waals surface area contributed by atoms with Crippen LogP contribution < -0.4 is 9.62 Å². The molecule has 1 N–H and O–H groups in total. The molecule has 0 spiro atoms. The van der Waals surface area contributed by atoms with Crippen molar-refractivity contribution in [1.82, 2.24) is 14.7 Å². The Hall–Kier alpha value is -1.78. The second-order valence-corrected chi connectivity index (χ2v) is 10.6. The summed E-state index contributed by atoms with van der Waals surface area (Å²) < 4.78 is 49.0. The Labute approximate surface area is 153 Å². The maximum atomic E-state index is 11.9. The molecule has 10 heteroatoms. The number of hydrogen-bond acceptors (Lipinski definition) is 7. The highest BCUT2D eigenvalue weighted by Crippen LogP contribution is 2.29. The predicted octanol–water partition coefficient (Wildman–Crippen LogP) is 0.799. The molecule has 142 valence electrons. The van der Waals surface area contributed by atoms with E-state index in [9.17, 15) is 16.8 Å². The fraction of sp³-hybridized carbons (Fsp3) is 0.500. The molecule has 1 aliphatic heterocycles. The van der Waals surface area contributed by atoms with Gasteiger partial charge in [-0.3, -0.25) is 0 Å². The third kappa shape index (κ3) is 4.49. The van der Waals surface area contributed by atoms with E-state index in [0.29, 0.717) is 29.8 Å². The van der Waals surface area contributed by atoms with Crippen molar-refractivity contribution in [2.45, 2.75) is 17.7 Å². The van der Waals surface area contributed by atoms with Crippen molar-refractivity contribution in [1.29, 1.82) is 0 Å². The highest BCUT2D eigenvalue weighted by Gasteiger charge is 2.23. The van der Waals surface area contributed by atoms with Crippen molar-refractivity contribution in [3.05, 3.63) is 24.5 Å². The van der Waals surface area contributed by atoms with Gasteiger partial charge in [-0.1, -0.05) is 0 Å². The third-order valence-corrected chi connectivity index (χ3v) is 6.27. The smallest absolute Gasteiger partial charge is 0.208 e. The minimum atomic E-state index is -3.33. The first-order valence-electron chi connectivity index (χ1n) is 8.28. The summed E-state index contributed by atoms with van der Waals surface area (Å²) in [5.74, 6) is 0.853. The average Bonchev–Trinajstić information content (AvgIpc) is 2.58. The molecule has 1 aromatic heterocycles. The Balaban J connectivity index is 1.91. The van der Waals surface area contributed by atoms with Crippen LogP contribution in [0.4, 0.5) is 5.82 Å². The van der Waals surface area contributed by atoms with E-state index < -0.39 is 19.9 Å². The lowest BCUT2D eigenvalue weighted by Crippen LogP contribution is -2.41. The number of fused-ring (bicyclic) bond motifs is 1. The molecule has 0 saturated carbocycles. The summed E-state index contributed by atoms with van der Waals surface area (Å²) in [6.45, 7) is 1.81. The van der Waals surface area contributed by atoms with Gasteiger partial charge in [0.2, 0.25) is 10.0 Å². The standard InChI is InChI=1S/C16H22N4O4S2/c1-25(21,22)13-5-6-15-14(8-13)16(18-11-17-15)20-7-3-4-12(10-20)9-19-26(2,23)24/h5-6,8,11-12,19H,3-4,7,9-10H2,1-2H3. The summed E-state index contributed by atoms with van der Waals surface area (Å²) >= 11 is 0. The summed E-state index contributed by atoms with van der Waals surface area (Å²) in [4.78, 5) is 10.9. The van der Waals surface area contributed by atoms with Crippen LogP contribution in [-0.4, -0.2) is 58.9 Å². The number of sulfonamides is 1. The molecule has 1 aliphatic rings. The van der Waals surface area contributed by atoms with Crippen molar-refractivity contribution in [3.8, 4) is 0 Å². The Morgan fingerprint density at radius 2 is 1.96 bits per heavy atom. The SMILES string of the molecule is CS(=O)(=O)NCC1CCCN(c2ncnc3ccc(S(C)(=O)=O)cc23)C1. The number of sulfone groups is 1. The molecule has 1 atom stereocenters. The lowest BCUT2D eigenvalue weighted by Gasteiger charge is -2.34. The molecule has 0 bridgehead atoms. The number of anilines is 1. The lowest BCUT2D eigenvalue weighted by atomic mass is 9.98. The minimum absolute atomic E-state index is 0.168. The molecule has 0 aliphatic carbocycles. The van der Waals surface area contributed by atoms with E-state index >= 15 is 0 Å². The number of hydrogen-bond donors (Lipinski definition) is 1. The van der Waals surface area contributed by atoms with E-state index in [4.69, 9.17) is 0 Å². The van der Waals surface area contributed by atoms with Crippen LogP contribution in [-0.2, 0) is 19.9 Å². The van der Waals surface area contributed by atoms with Crippen LogP contribution in [0.25, 0.3) is 10.9 Å². The number of nitrogens with one attached hydrogen (secondary N) is 1. The molecule has 1 aromatic carbocycles. The maximum absolute atomic E-state index is 11.9. The molecule has 8 nitrogen and oxygen atoms in total. The molecule has 3 rings (SSSR count). The van der Waals surface area contributed by atoms with Crippen LogP contribution in [0.15, 0.2) is 29.4 Å². The average molecular weight is 399 g/mol.